The molecular weight excluding hydrogens is 420 g/mol. The second kappa shape index (κ2) is 10.5. The fourth-order valence-corrected chi connectivity index (χ4v) is 3.40. The summed E-state index contributed by atoms with van der Waals surface area (Å²) in [6.07, 6.45) is 2.50. The van der Waals surface area contributed by atoms with Crippen LogP contribution in [0.4, 0.5) is 0 Å². The quantitative estimate of drug-likeness (QED) is 0.629. The molecule has 1 N–H and O–H groups in total. The van der Waals surface area contributed by atoms with Crippen LogP contribution in [-0.4, -0.2) is 66.5 Å². The zero-order chi connectivity index (χ0) is 19.8. The molecule has 0 aliphatic carbocycles. The van der Waals surface area contributed by atoms with Crippen LogP contribution >= 0.6 is 15.9 Å². The predicted octanol–water partition coefficient (Wildman–Crippen LogP) is 3.39. The van der Waals surface area contributed by atoms with Crippen molar-refractivity contribution in [3.05, 3.63) is 52.6 Å². The monoisotopic (exact) mass is 446 g/mol. The fraction of sp³-hybridized carbons (Fsp3) is 0.429. The fourth-order valence-electron chi connectivity index (χ4n) is 3.13. The molecule has 1 aliphatic rings. The summed E-state index contributed by atoms with van der Waals surface area (Å²) in [7, 11) is 0. The highest BCUT2D eigenvalue weighted by Crippen LogP contribution is 2.21. The number of hydrogen-bond donors (Lipinski definition) is 1. The molecule has 0 radical (unpaired) electrons. The molecular formula is C21H27BrN4O2. The molecule has 0 atom stereocenters. The number of carbonyl (C=O) groups excluding carboxylic acids is 1. The maximum Gasteiger partial charge on any atom is 0.252 e. The van der Waals surface area contributed by atoms with Crippen LogP contribution in [0.25, 0.3) is 0 Å². The number of nitrogens with zero attached hydrogens (tertiary/aromatic N) is 3. The Bertz CT molecular complexity index is 744. The van der Waals surface area contributed by atoms with Crippen LogP contribution in [0.3, 0.4) is 0 Å². The lowest BCUT2D eigenvalue weighted by molar-refractivity contribution is 0.0948. The SMILES string of the molecule is CCN1CCN(CCCNC(=O)c2ccc(Oc3ccc(Br)cc3)nc2)CC1. The molecule has 2 aromatic rings. The van der Waals surface area contributed by atoms with Crippen molar-refractivity contribution < 1.29 is 9.53 Å². The largest absolute Gasteiger partial charge is 0.439 e. The second-order valence-electron chi connectivity index (χ2n) is 6.83. The van der Waals surface area contributed by atoms with Crippen LogP contribution in [0.5, 0.6) is 11.6 Å². The minimum Gasteiger partial charge on any atom is -0.439 e. The minimum absolute atomic E-state index is 0.0986. The zero-order valence-electron chi connectivity index (χ0n) is 16.2. The van der Waals surface area contributed by atoms with Crippen molar-refractivity contribution in [2.75, 3.05) is 45.8 Å². The molecule has 2 heterocycles. The maximum absolute atomic E-state index is 12.3. The van der Waals surface area contributed by atoms with E-state index in [2.05, 4.69) is 43.0 Å². The predicted molar refractivity (Wildman–Crippen MR) is 114 cm³/mol. The standard InChI is InChI=1S/C21H27BrN4O2/c1-2-25-12-14-26(15-13-25)11-3-10-23-21(27)17-4-9-20(24-16-17)28-19-7-5-18(22)6-8-19/h4-9,16H,2-3,10-15H2,1H3,(H,23,27). The molecule has 150 valence electrons. The first-order chi connectivity index (χ1) is 13.6. The van der Waals surface area contributed by atoms with E-state index in [1.807, 2.05) is 24.3 Å². The lowest BCUT2D eigenvalue weighted by Crippen LogP contribution is -2.46. The molecule has 1 saturated heterocycles. The van der Waals surface area contributed by atoms with Gasteiger partial charge in [-0.15, -0.1) is 0 Å². The summed E-state index contributed by atoms with van der Waals surface area (Å²) < 4.78 is 6.67. The minimum atomic E-state index is -0.0986. The van der Waals surface area contributed by atoms with Crippen molar-refractivity contribution in [3.63, 3.8) is 0 Å². The molecule has 1 aromatic heterocycles. The first-order valence-electron chi connectivity index (χ1n) is 9.76. The summed E-state index contributed by atoms with van der Waals surface area (Å²) in [5, 5.41) is 2.97. The molecule has 1 aromatic carbocycles. The Balaban J connectivity index is 1.38. The summed E-state index contributed by atoms with van der Waals surface area (Å²) >= 11 is 3.39. The summed E-state index contributed by atoms with van der Waals surface area (Å²) in [5.41, 5.74) is 0.541. The van der Waals surface area contributed by atoms with Crippen LogP contribution in [0.1, 0.15) is 23.7 Å². The summed E-state index contributed by atoms with van der Waals surface area (Å²) in [4.78, 5) is 21.4. The van der Waals surface area contributed by atoms with Crippen LogP contribution in [-0.2, 0) is 0 Å². The lowest BCUT2D eigenvalue weighted by atomic mass is 10.2. The number of hydrogen-bond acceptors (Lipinski definition) is 5. The average Bonchev–Trinajstić information content (AvgIpc) is 2.73. The summed E-state index contributed by atoms with van der Waals surface area (Å²) in [6, 6.07) is 11.0. The summed E-state index contributed by atoms with van der Waals surface area (Å²) in [6.45, 7) is 9.55. The van der Waals surface area contributed by atoms with Gasteiger partial charge in [-0.3, -0.25) is 4.79 Å². The normalized spacial score (nSPS) is 15.4. The van der Waals surface area contributed by atoms with Crippen LogP contribution in [0, 0.1) is 0 Å². The van der Waals surface area contributed by atoms with Crippen LogP contribution < -0.4 is 10.1 Å². The second-order valence-corrected chi connectivity index (χ2v) is 7.74. The number of amides is 1. The van der Waals surface area contributed by atoms with Crippen molar-refractivity contribution in [2.24, 2.45) is 0 Å². The molecule has 28 heavy (non-hydrogen) atoms. The van der Waals surface area contributed by atoms with Gasteiger partial charge < -0.3 is 19.9 Å². The highest BCUT2D eigenvalue weighted by molar-refractivity contribution is 9.10. The maximum atomic E-state index is 12.3. The van der Waals surface area contributed by atoms with Gasteiger partial charge in [0.1, 0.15) is 5.75 Å². The number of benzene rings is 1. The number of carbonyl (C=O) groups is 1. The number of rotatable bonds is 8. The number of likely N-dealkylation sites (N-methyl/N-ethyl adjacent to an activating group) is 1. The topological polar surface area (TPSA) is 57.7 Å². The first kappa shape index (κ1) is 20.8. The van der Waals surface area contributed by atoms with E-state index in [0.29, 0.717) is 23.7 Å². The van der Waals surface area contributed by atoms with Crippen LogP contribution in [0.15, 0.2) is 47.1 Å². The molecule has 0 saturated carbocycles. The molecule has 1 aliphatic heterocycles. The van der Waals surface area contributed by atoms with Crippen molar-refractivity contribution in [3.8, 4) is 11.6 Å². The molecule has 1 amide bonds. The number of halogens is 1. The van der Waals surface area contributed by atoms with E-state index in [0.717, 1.165) is 50.2 Å². The van der Waals surface area contributed by atoms with Crippen molar-refractivity contribution in [1.29, 1.82) is 0 Å². The smallest absolute Gasteiger partial charge is 0.252 e. The first-order valence-corrected chi connectivity index (χ1v) is 10.6. The lowest BCUT2D eigenvalue weighted by Gasteiger charge is -2.33. The van der Waals surface area contributed by atoms with Crippen molar-refractivity contribution in [1.82, 2.24) is 20.1 Å². The molecule has 6 nitrogen and oxygen atoms in total. The molecule has 0 spiro atoms. The molecule has 1 fully saturated rings. The number of piperazine rings is 1. The van der Waals surface area contributed by atoms with Gasteiger partial charge in [-0.05, 0) is 49.8 Å². The van der Waals surface area contributed by atoms with Gasteiger partial charge in [0.15, 0.2) is 0 Å². The van der Waals surface area contributed by atoms with Gasteiger partial charge in [0.25, 0.3) is 5.91 Å². The average molecular weight is 447 g/mol. The van der Waals surface area contributed by atoms with E-state index >= 15 is 0 Å². The zero-order valence-corrected chi connectivity index (χ0v) is 17.8. The van der Waals surface area contributed by atoms with E-state index in [1.165, 1.54) is 0 Å². The Morgan fingerprint density at radius 3 is 2.46 bits per heavy atom. The van der Waals surface area contributed by atoms with Gasteiger partial charge in [0.05, 0.1) is 5.56 Å². The third-order valence-corrected chi connectivity index (χ3v) is 5.41. The highest BCUT2D eigenvalue weighted by atomic mass is 79.9. The van der Waals surface area contributed by atoms with Gasteiger partial charge >= 0.3 is 0 Å². The van der Waals surface area contributed by atoms with E-state index in [-0.39, 0.29) is 5.91 Å². The van der Waals surface area contributed by atoms with Gasteiger partial charge in [0, 0.05) is 49.5 Å². The molecule has 3 rings (SSSR count). The van der Waals surface area contributed by atoms with E-state index < -0.39 is 0 Å². The van der Waals surface area contributed by atoms with Gasteiger partial charge in [-0.2, -0.15) is 0 Å². The Hall–Kier alpha value is -1.96. The number of pyridine rings is 1. The summed E-state index contributed by atoms with van der Waals surface area (Å²) in [5.74, 6) is 1.07. The van der Waals surface area contributed by atoms with Gasteiger partial charge in [0.2, 0.25) is 5.88 Å². The third kappa shape index (κ3) is 6.29. The van der Waals surface area contributed by atoms with Gasteiger partial charge in [-0.25, -0.2) is 4.98 Å². The Kier molecular flexibility index (Phi) is 7.82. The Morgan fingerprint density at radius 2 is 1.82 bits per heavy atom. The Labute approximate surface area is 175 Å². The Morgan fingerprint density at radius 1 is 1.11 bits per heavy atom. The van der Waals surface area contributed by atoms with Gasteiger partial charge in [-0.1, -0.05) is 22.9 Å². The van der Waals surface area contributed by atoms with E-state index in [9.17, 15) is 4.79 Å². The van der Waals surface area contributed by atoms with Crippen molar-refractivity contribution >= 4 is 21.8 Å². The number of aromatic nitrogens is 1. The highest BCUT2D eigenvalue weighted by Gasteiger charge is 2.14. The molecule has 0 unspecified atom stereocenters. The van der Waals surface area contributed by atoms with Crippen molar-refractivity contribution in [2.45, 2.75) is 13.3 Å². The van der Waals surface area contributed by atoms with E-state index in [1.54, 1.807) is 18.3 Å². The van der Waals surface area contributed by atoms with Crippen LogP contribution in [0.2, 0.25) is 0 Å². The van der Waals surface area contributed by atoms with E-state index in [4.69, 9.17) is 4.74 Å². The number of ether oxygens (including phenoxy) is 1. The molecule has 7 heteroatoms. The molecule has 0 bridgehead atoms. The number of nitrogens with one attached hydrogen (secondary N) is 1. The third-order valence-electron chi connectivity index (χ3n) is 4.88.